The zero-order valence-corrected chi connectivity index (χ0v) is 23.1. The normalized spacial score (nSPS) is 36.9. The zero-order valence-electron chi connectivity index (χ0n) is 23.1. The predicted molar refractivity (Wildman–Crippen MR) is 133 cm³/mol. The number of aliphatic hydroxyl groups is 1. The van der Waals surface area contributed by atoms with Gasteiger partial charge in [-0.15, -0.1) is 0 Å². The lowest BCUT2D eigenvalue weighted by atomic mass is 9.49. The van der Waals surface area contributed by atoms with Gasteiger partial charge in [0.2, 0.25) is 0 Å². The molecule has 2 saturated carbocycles. The molecule has 3 aliphatic rings. The zero-order chi connectivity index (χ0) is 28.0. The van der Waals surface area contributed by atoms with Gasteiger partial charge >= 0.3 is 23.9 Å². The number of carbonyl (C=O) groups is 4. The van der Waals surface area contributed by atoms with Crippen LogP contribution in [0.1, 0.15) is 74.7 Å². The first kappa shape index (κ1) is 28.9. The van der Waals surface area contributed by atoms with Gasteiger partial charge in [-0.25, -0.2) is 0 Å². The van der Waals surface area contributed by atoms with Crippen LogP contribution in [0.4, 0.5) is 0 Å². The van der Waals surface area contributed by atoms with Gasteiger partial charge in [0, 0.05) is 57.8 Å². The van der Waals surface area contributed by atoms with Gasteiger partial charge in [-0.05, 0) is 29.9 Å². The van der Waals surface area contributed by atoms with Gasteiger partial charge in [0.15, 0.2) is 0 Å². The molecule has 0 aliphatic heterocycles. The number of aliphatic hydroxyl groups excluding tert-OH is 1. The Labute approximate surface area is 218 Å². The van der Waals surface area contributed by atoms with Crippen LogP contribution in [0, 0.1) is 22.7 Å². The maximum Gasteiger partial charge on any atom is 0.303 e. The Morgan fingerprint density at radius 2 is 1.38 bits per heavy atom. The largest absolute Gasteiger partial charge is 0.462 e. The molecule has 9 nitrogen and oxygen atoms in total. The van der Waals surface area contributed by atoms with E-state index in [0.29, 0.717) is 12.0 Å². The van der Waals surface area contributed by atoms with Crippen molar-refractivity contribution in [3.63, 3.8) is 0 Å². The third-order valence-electron chi connectivity index (χ3n) is 8.48. The Hall–Kier alpha value is -2.68. The van der Waals surface area contributed by atoms with E-state index in [1.165, 1.54) is 27.7 Å². The van der Waals surface area contributed by atoms with Crippen molar-refractivity contribution < 1.29 is 43.2 Å². The molecule has 0 aromatic rings. The molecule has 206 valence electrons. The summed E-state index contributed by atoms with van der Waals surface area (Å²) >= 11 is 0. The summed E-state index contributed by atoms with van der Waals surface area (Å²) in [4.78, 5) is 48.9. The second-order valence-electron chi connectivity index (χ2n) is 11.6. The van der Waals surface area contributed by atoms with Crippen molar-refractivity contribution >= 4 is 23.9 Å². The third-order valence-corrected chi connectivity index (χ3v) is 8.48. The van der Waals surface area contributed by atoms with Crippen LogP contribution in [-0.2, 0) is 38.1 Å². The van der Waals surface area contributed by atoms with E-state index in [4.69, 9.17) is 18.9 Å². The molecule has 1 N–H and O–H groups in total. The molecule has 9 heteroatoms. The first-order valence-electron chi connectivity index (χ1n) is 12.8. The third kappa shape index (κ3) is 5.33. The molecule has 0 heterocycles. The number of rotatable bonds is 4. The van der Waals surface area contributed by atoms with Crippen molar-refractivity contribution in [2.75, 3.05) is 0 Å². The summed E-state index contributed by atoms with van der Waals surface area (Å²) in [7, 11) is 0. The molecule has 0 spiro atoms. The molecule has 2 fully saturated rings. The minimum absolute atomic E-state index is 0.102. The van der Waals surface area contributed by atoms with E-state index >= 15 is 0 Å². The number of carbonyl (C=O) groups excluding carboxylic acids is 4. The molecule has 3 aliphatic carbocycles. The standard InChI is InChI=1S/C28H40O9/c1-13-10-20(35-16(4)30)25-26(37-18(6)32)24-14(2)19(34-15(3)29)11-22(33)28(24,9)12-21(36-17(5)31)23(13)27(25,7)8/h19-22,24-26,33H,2,10-12H2,1,3-9H3. The summed E-state index contributed by atoms with van der Waals surface area (Å²) in [6.07, 6.45) is -3.29. The fourth-order valence-electron chi connectivity index (χ4n) is 7.34. The maximum absolute atomic E-state index is 12.5. The van der Waals surface area contributed by atoms with Crippen molar-refractivity contribution in [1.29, 1.82) is 0 Å². The summed E-state index contributed by atoms with van der Waals surface area (Å²) in [5, 5.41) is 11.5. The molecule has 2 bridgehead atoms. The van der Waals surface area contributed by atoms with Crippen molar-refractivity contribution in [3.8, 4) is 0 Å². The molecule has 37 heavy (non-hydrogen) atoms. The predicted octanol–water partition coefficient (Wildman–Crippen LogP) is 3.42. The molecule has 8 atom stereocenters. The summed E-state index contributed by atoms with van der Waals surface area (Å²) in [6.45, 7) is 17.3. The second-order valence-corrected chi connectivity index (χ2v) is 11.6. The number of hydrogen-bond acceptors (Lipinski definition) is 9. The molecule has 0 amide bonds. The van der Waals surface area contributed by atoms with E-state index < -0.39 is 77.1 Å². The molecular formula is C28H40O9. The van der Waals surface area contributed by atoms with Gasteiger partial charge in [-0.3, -0.25) is 19.2 Å². The minimum Gasteiger partial charge on any atom is -0.462 e. The Morgan fingerprint density at radius 1 is 0.865 bits per heavy atom. The van der Waals surface area contributed by atoms with E-state index in [1.807, 2.05) is 27.7 Å². The molecule has 0 aromatic heterocycles. The fraction of sp³-hybridized carbons (Fsp3) is 0.714. The molecule has 0 saturated heterocycles. The number of hydrogen-bond donors (Lipinski definition) is 1. The van der Waals surface area contributed by atoms with E-state index in [2.05, 4.69) is 6.58 Å². The van der Waals surface area contributed by atoms with Crippen LogP contribution in [-0.4, -0.2) is 59.5 Å². The van der Waals surface area contributed by atoms with Crippen LogP contribution < -0.4 is 0 Å². The van der Waals surface area contributed by atoms with E-state index in [0.717, 1.165) is 11.1 Å². The van der Waals surface area contributed by atoms with Crippen LogP contribution in [0.5, 0.6) is 0 Å². The molecular weight excluding hydrogens is 480 g/mol. The minimum atomic E-state index is -1.00. The molecule has 0 radical (unpaired) electrons. The number of fused-ring (bicyclic) bond motifs is 3. The fourth-order valence-corrected chi connectivity index (χ4v) is 7.34. The first-order valence-corrected chi connectivity index (χ1v) is 12.8. The van der Waals surface area contributed by atoms with E-state index in [1.54, 1.807) is 0 Å². The number of esters is 4. The number of ether oxygens (including phenoxy) is 4. The van der Waals surface area contributed by atoms with Gasteiger partial charge in [-0.1, -0.05) is 32.9 Å². The SMILES string of the molecule is C=C1C(OC(C)=O)CC(O)C2(C)CC(OC(C)=O)C3=C(C)CC(OC(C)=O)C(C(OC(C)=O)C12)C3(C)C. The highest BCUT2D eigenvalue weighted by Crippen LogP contribution is 2.60. The monoisotopic (exact) mass is 520 g/mol. The van der Waals surface area contributed by atoms with Gasteiger partial charge < -0.3 is 24.1 Å². The lowest BCUT2D eigenvalue weighted by Crippen LogP contribution is -2.63. The highest BCUT2D eigenvalue weighted by Gasteiger charge is 2.63. The van der Waals surface area contributed by atoms with Crippen LogP contribution in [0.15, 0.2) is 23.3 Å². The summed E-state index contributed by atoms with van der Waals surface area (Å²) in [6, 6.07) is 0. The highest BCUT2D eigenvalue weighted by atomic mass is 16.6. The topological polar surface area (TPSA) is 125 Å². The average molecular weight is 521 g/mol. The van der Waals surface area contributed by atoms with E-state index in [-0.39, 0.29) is 12.8 Å². The summed E-state index contributed by atoms with van der Waals surface area (Å²) in [5.74, 6) is -3.25. The van der Waals surface area contributed by atoms with Crippen LogP contribution >= 0.6 is 0 Å². The molecule has 0 aromatic carbocycles. The van der Waals surface area contributed by atoms with Crippen LogP contribution in [0.2, 0.25) is 0 Å². The maximum atomic E-state index is 12.5. The van der Waals surface area contributed by atoms with Crippen molar-refractivity contribution in [2.45, 2.75) is 105 Å². The van der Waals surface area contributed by atoms with Gasteiger partial charge in [0.25, 0.3) is 0 Å². The van der Waals surface area contributed by atoms with Crippen molar-refractivity contribution in [1.82, 2.24) is 0 Å². The average Bonchev–Trinajstić information content (AvgIpc) is 2.68. The highest BCUT2D eigenvalue weighted by molar-refractivity contribution is 5.68. The molecule has 3 rings (SSSR count). The Bertz CT molecular complexity index is 1020. The Balaban J connectivity index is 2.34. The van der Waals surface area contributed by atoms with Crippen molar-refractivity contribution in [2.24, 2.45) is 22.7 Å². The first-order chi connectivity index (χ1) is 17.0. The quantitative estimate of drug-likeness (QED) is 0.337. The summed E-state index contributed by atoms with van der Waals surface area (Å²) < 4.78 is 23.3. The Kier molecular flexibility index (Phi) is 7.99. The smallest absolute Gasteiger partial charge is 0.303 e. The van der Waals surface area contributed by atoms with Gasteiger partial charge in [0.1, 0.15) is 24.4 Å². The van der Waals surface area contributed by atoms with Crippen molar-refractivity contribution in [3.05, 3.63) is 23.3 Å². The van der Waals surface area contributed by atoms with Gasteiger partial charge in [0.05, 0.1) is 6.10 Å². The second kappa shape index (κ2) is 10.2. The lowest BCUT2D eigenvalue weighted by Gasteiger charge is -2.59. The summed E-state index contributed by atoms with van der Waals surface area (Å²) in [5.41, 5.74) is 0.566. The van der Waals surface area contributed by atoms with Gasteiger partial charge in [-0.2, -0.15) is 0 Å². The van der Waals surface area contributed by atoms with Crippen LogP contribution in [0.25, 0.3) is 0 Å². The van der Waals surface area contributed by atoms with Crippen LogP contribution in [0.3, 0.4) is 0 Å². The van der Waals surface area contributed by atoms with E-state index in [9.17, 15) is 24.3 Å². The molecule has 8 unspecified atom stereocenters. The Morgan fingerprint density at radius 3 is 1.89 bits per heavy atom. The lowest BCUT2D eigenvalue weighted by molar-refractivity contribution is -0.197.